The highest BCUT2D eigenvalue weighted by atomic mass is 19.4. The van der Waals surface area contributed by atoms with Gasteiger partial charge in [0.05, 0.1) is 0 Å². The molecule has 0 radical (unpaired) electrons. The van der Waals surface area contributed by atoms with Crippen molar-refractivity contribution < 1.29 is 32.7 Å². The topological polar surface area (TPSA) is 77.9 Å². The number of benzene rings is 1. The molecule has 2 unspecified atom stereocenters. The Bertz CT molecular complexity index is 793. The second-order valence-electron chi connectivity index (χ2n) is 7.46. The number of aliphatic carboxylic acids is 1. The Labute approximate surface area is 159 Å². The van der Waals surface area contributed by atoms with Crippen LogP contribution in [0.15, 0.2) is 24.3 Å². The van der Waals surface area contributed by atoms with Crippen molar-refractivity contribution in [2.24, 2.45) is 5.41 Å². The molecular formula is C19H21F3N2O4. The first-order valence-electron chi connectivity index (χ1n) is 8.99. The van der Waals surface area contributed by atoms with Crippen LogP contribution in [0.3, 0.4) is 0 Å². The third-order valence-corrected chi connectivity index (χ3v) is 5.62. The highest BCUT2D eigenvalue weighted by Gasteiger charge is 2.64. The lowest BCUT2D eigenvalue weighted by molar-refractivity contribution is -0.227. The molecule has 2 aliphatic rings. The summed E-state index contributed by atoms with van der Waals surface area (Å²) in [4.78, 5) is 38.7. The Morgan fingerprint density at radius 3 is 2.43 bits per heavy atom. The largest absolute Gasteiger partial charge is 0.481 e. The van der Waals surface area contributed by atoms with Crippen molar-refractivity contribution >= 4 is 17.8 Å². The average Bonchev–Trinajstić information content (AvgIpc) is 3.22. The van der Waals surface area contributed by atoms with Gasteiger partial charge in [0.2, 0.25) is 11.8 Å². The number of alkyl halides is 3. The number of halogens is 3. The molecule has 2 aliphatic heterocycles. The minimum Gasteiger partial charge on any atom is -0.481 e. The molecule has 28 heavy (non-hydrogen) atoms. The van der Waals surface area contributed by atoms with Gasteiger partial charge in [-0.2, -0.15) is 13.2 Å². The molecule has 1 aromatic rings. The Morgan fingerprint density at radius 1 is 1.25 bits per heavy atom. The molecule has 0 spiro atoms. The molecule has 6 nitrogen and oxygen atoms in total. The maximum atomic E-state index is 13.4. The van der Waals surface area contributed by atoms with E-state index in [-0.39, 0.29) is 31.8 Å². The van der Waals surface area contributed by atoms with E-state index in [0.29, 0.717) is 0 Å². The summed E-state index contributed by atoms with van der Waals surface area (Å²) in [5.74, 6) is -2.84. The maximum Gasteiger partial charge on any atom is 0.406 e. The molecular weight excluding hydrogens is 377 g/mol. The molecule has 1 N–H and O–H groups in total. The quantitative estimate of drug-likeness (QED) is 0.845. The van der Waals surface area contributed by atoms with Gasteiger partial charge in [0.25, 0.3) is 0 Å². The Balaban J connectivity index is 1.77. The number of likely N-dealkylation sites (tertiary alicyclic amines) is 2. The number of hydrogen-bond acceptors (Lipinski definition) is 3. The number of aryl methyl sites for hydroxylation is 1. The summed E-state index contributed by atoms with van der Waals surface area (Å²) >= 11 is 0. The molecule has 0 saturated carbocycles. The molecule has 2 atom stereocenters. The van der Waals surface area contributed by atoms with E-state index in [9.17, 15) is 27.6 Å². The molecule has 1 aromatic carbocycles. The zero-order valence-corrected chi connectivity index (χ0v) is 15.3. The summed E-state index contributed by atoms with van der Waals surface area (Å²) in [6, 6.07) is 6.54. The molecule has 9 heteroatoms. The van der Waals surface area contributed by atoms with Crippen molar-refractivity contribution in [2.45, 2.75) is 44.9 Å². The van der Waals surface area contributed by atoms with Gasteiger partial charge < -0.3 is 14.9 Å². The number of hydrogen-bond donors (Lipinski definition) is 1. The Morgan fingerprint density at radius 2 is 1.89 bits per heavy atom. The van der Waals surface area contributed by atoms with Crippen molar-refractivity contribution in [1.82, 2.24) is 9.80 Å². The number of rotatable bonds is 4. The number of carboxylic acid groups (broad SMARTS) is 1. The van der Waals surface area contributed by atoms with Gasteiger partial charge >= 0.3 is 12.1 Å². The Kier molecular flexibility index (Phi) is 5.12. The van der Waals surface area contributed by atoms with E-state index in [1.165, 1.54) is 4.90 Å². The summed E-state index contributed by atoms with van der Waals surface area (Å²) in [5, 5.41) is 9.15. The van der Waals surface area contributed by atoms with E-state index in [2.05, 4.69) is 0 Å². The predicted molar refractivity (Wildman–Crippen MR) is 92.1 cm³/mol. The summed E-state index contributed by atoms with van der Waals surface area (Å²) in [5.41, 5.74) is -1.10. The number of nitrogens with zero attached hydrogens (tertiary/aromatic N) is 2. The lowest BCUT2D eigenvalue weighted by atomic mass is 9.86. The van der Waals surface area contributed by atoms with Crippen molar-refractivity contribution in [2.75, 3.05) is 13.1 Å². The van der Waals surface area contributed by atoms with E-state index >= 15 is 0 Å². The summed E-state index contributed by atoms with van der Waals surface area (Å²) in [6.07, 6.45) is -5.29. The average molecular weight is 398 g/mol. The number of amides is 2. The van der Waals surface area contributed by atoms with Gasteiger partial charge in [-0.15, -0.1) is 0 Å². The van der Waals surface area contributed by atoms with Crippen LogP contribution in [0.4, 0.5) is 13.2 Å². The van der Waals surface area contributed by atoms with E-state index in [4.69, 9.17) is 5.11 Å². The smallest absolute Gasteiger partial charge is 0.406 e. The standard InChI is InChI=1S/C19H21F3N2O4/c1-12-2-4-13(5-3-12)10-24-14(6-7-15(24)25)16(26)23-9-8-18(11-23,17(27)28)19(20,21)22/h2-5,14H,6-11H2,1H3,(H,27,28). The highest BCUT2D eigenvalue weighted by molar-refractivity contribution is 5.91. The maximum absolute atomic E-state index is 13.4. The second kappa shape index (κ2) is 7.10. The second-order valence-corrected chi connectivity index (χ2v) is 7.46. The first-order valence-corrected chi connectivity index (χ1v) is 8.99. The van der Waals surface area contributed by atoms with Crippen LogP contribution in [0.25, 0.3) is 0 Å². The molecule has 152 valence electrons. The molecule has 3 rings (SSSR count). The molecule has 2 saturated heterocycles. The van der Waals surface area contributed by atoms with E-state index in [0.717, 1.165) is 16.0 Å². The fraction of sp³-hybridized carbons (Fsp3) is 0.526. The third-order valence-electron chi connectivity index (χ3n) is 5.62. The van der Waals surface area contributed by atoms with Crippen LogP contribution in [0, 0.1) is 12.3 Å². The molecule has 0 aromatic heterocycles. The van der Waals surface area contributed by atoms with Crippen LogP contribution in [-0.2, 0) is 20.9 Å². The van der Waals surface area contributed by atoms with Gasteiger partial charge in [-0.1, -0.05) is 29.8 Å². The van der Waals surface area contributed by atoms with Gasteiger partial charge in [0.1, 0.15) is 6.04 Å². The van der Waals surface area contributed by atoms with Crippen LogP contribution >= 0.6 is 0 Å². The first kappa shape index (κ1) is 20.2. The van der Waals surface area contributed by atoms with Crippen LogP contribution in [0.1, 0.15) is 30.4 Å². The lowest BCUT2D eigenvalue weighted by Gasteiger charge is -2.30. The number of carboxylic acids is 1. The van der Waals surface area contributed by atoms with Crippen molar-refractivity contribution in [3.05, 3.63) is 35.4 Å². The fourth-order valence-corrected chi connectivity index (χ4v) is 3.81. The van der Waals surface area contributed by atoms with Crippen molar-refractivity contribution in [3.8, 4) is 0 Å². The van der Waals surface area contributed by atoms with Gasteiger partial charge in [-0.25, -0.2) is 0 Å². The fourth-order valence-electron chi connectivity index (χ4n) is 3.81. The van der Waals surface area contributed by atoms with E-state index in [1.54, 1.807) is 0 Å². The summed E-state index contributed by atoms with van der Waals surface area (Å²) in [7, 11) is 0. The Hall–Kier alpha value is -2.58. The highest BCUT2D eigenvalue weighted by Crippen LogP contribution is 2.46. The van der Waals surface area contributed by atoms with E-state index < -0.39 is 42.5 Å². The van der Waals surface area contributed by atoms with Crippen LogP contribution in [-0.4, -0.2) is 58.0 Å². The molecule has 0 bridgehead atoms. The van der Waals surface area contributed by atoms with Crippen LogP contribution in [0.5, 0.6) is 0 Å². The normalized spacial score (nSPS) is 25.4. The third kappa shape index (κ3) is 3.45. The SMILES string of the molecule is Cc1ccc(CN2C(=O)CCC2C(=O)N2CCC(C(=O)O)(C(F)(F)F)C2)cc1. The van der Waals surface area contributed by atoms with Gasteiger partial charge in [-0.3, -0.25) is 14.4 Å². The monoisotopic (exact) mass is 398 g/mol. The number of carbonyl (C=O) groups excluding carboxylic acids is 2. The van der Waals surface area contributed by atoms with Gasteiger partial charge in [-0.05, 0) is 25.3 Å². The van der Waals surface area contributed by atoms with Crippen LogP contribution < -0.4 is 0 Å². The first-order chi connectivity index (χ1) is 13.0. The number of carbonyl (C=O) groups is 3. The van der Waals surface area contributed by atoms with Gasteiger partial charge in [0.15, 0.2) is 5.41 Å². The van der Waals surface area contributed by atoms with E-state index in [1.807, 2.05) is 31.2 Å². The van der Waals surface area contributed by atoms with Crippen molar-refractivity contribution in [1.29, 1.82) is 0 Å². The van der Waals surface area contributed by atoms with Gasteiger partial charge in [0, 0.05) is 26.1 Å². The van der Waals surface area contributed by atoms with Crippen LogP contribution in [0.2, 0.25) is 0 Å². The zero-order chi connectivity index (χ0) is 20.7. The summed E-state index contributed by atoms with van der Waals surface area (Å²) < 4.78 is 40.1. The molecule has 0 aliphatic carbocycles. The lowest BCUT2D eigenvalue weighted by Crippen LogP contribution is -2.50. The molecule has 2 fully saturated rings. The minimum atomic E-state index is -4.96. The summed E-state index contributed by atoms with van der Waals surface area (Å²) in [6.45, 7) is 0.883. The van der Waals surface area contributed by atoms with Crippen molar-refractivity contribution in [3.63, 3.8) is 0 Å². The predicted octanol–water partition coefficient (Wildman–Crippen LogP) is 2.35. The molecule has 2 heterocycles. The molecule has 2 amide bonds. The zero-order valence-electron chi connectivity index (χ0n) is 15.3. The minimum absolute atomic E-state index is 0.138.